The number of aldehydes is 1. The molecule has 9 heteroatoms. The predicted octanol–water partition coefficient (Wildman–Crippen LogP) is -0.167. The van der Waals surface area contributed by atoms with Crippen molar-refractivity contribution < 1.29 is 4.79 Å². The smallest absolute Gasteiger partial charge is 0.165 e. The van der Waals surface area contributed by atoms with Crippen molar-refractivity contribution in [3.63, 3.8) is 0 Å². The third kappa shape index (κ3) is 3.82. The zero-order valence-corrected chi connectivity index (χ0v) is 15.3. The molecule has 1 aliphatic rings. The zero-order valence-electron chi connectivity index (χ0n) is 13.2. The van der Waals surface area contributed by atoms with E-state index < -0.39 is 0 Å². The highest BCUT2D eigenvalue weighted by Crippen LogP contribution is 2.22. The Kier molecular flexibility index (Phi) is 5.60. The minimum absolute atomic E-state index is 0.441. The molecule has 0 aliphatic carbocycles. The van der Waals surface area contributed by atoms with Crippen LogP contribution in [0, 0.1) is 15.5 Å². The third-order valence-electron chi connectivity index (χ3n) is 3.97. The first kappa shape index (κ1) is 17.1. The van der Waals surface area contributed by atoms with Gasteiger partial charge in [-0.3, -0.25) is 9.80 Å². The van der Waals surface area contributed by atoms with E-state index in [4.69, 9.17) is 5.73 Å². The number of carbonyl (C=O) groups excluding carboxylic acids is 1. The van der Waals surface area contributed by atoms with Crippen molar-refractivity contribution in [2.75, 3.05) is 45.0 Å². The molecule has 8 nitrogen and oxygen atoms in total. The Balaban J connectivity index is 1.57. The summed E-state index contributed by atoms with van der Waals surface area (Å²) < 4.78 is 2.54. The molecule has 0 atom stereocenters. The van der Waals surface area contributed by atoms with E-state index in [0.717, 1.165) is 48.1 Å². The average Bonchev–Trinajstić information content (AvgIpc) is 2.91. The fourth-order valence-corrected chi connectivity index (χ4v) is 3.41. The molecule has 2 N–H and O–H groups in total. The number of rotatable bonds is 4. The summed E-state index contributed by atoms with van der Waals surface area (Å²) in [5.74, 6) is 6.78. The van der Waals surface area contributed by atoms with Crippen molar-refractivity contribution in [2.24, 2.45) is 0 Å². The van der Waals surface area contributed by atoms with E-state index in [-0.39, 0.29) is 0 Å². The van der Waals surface area contributed by atoms with Gasteiger partial charge in [-0.15, -0.1) is 0 Å². The Morgan fingerprint density at radius 1 is 1.17 bits per heavy atom. The van der Waals surface area contributed by atoms with Crippen molar-refractivity contribution in [1.29, 1.82) is 0 Å². The van der Waals surface area contributed by atoms with Crippen LogP contribution in [0.15, 0.2) is 6.33 Å². The number of nitrogen functional groups attached to an aromatic ring is 1. The SMILES string of the molecule is Nc1ncnc2c1c(I)nn2CC#CCN1CCN(CC=O)CC1. The Morgan fingerprint density at radius 3 is 2.62 bits per heavy atom. The number of nitrogens with two attached hydrogens (primary N) is 1. The summed E-state index contributed by atoms with van der Waals surface area (Å²) in [7, 11) is 0. The molecular formula is C15H18IN7O. The maximum Gasteiger partial charge on any atom is 0.165 e. The zero-order chi connectivity index (χ0) is 16.9. The molecule has 1 saturated heterocycles. The van der Waals surface area contributed by atoms with Crippen molar-refractivity contribution in [1.82, 2.24) is 29.5 Å². The Labute approximate surface area is 153 Å². The molecule has 2 aromatic rings. The number of hydrogen-bond donors (Lipinski definition) is 1. The molecule has 126 valence electrons. The van der Waals surface area contributed by atoms with E-state index in [1.807, 2.05) is 0 Å². The lowest BCUT2D eigenvalue weighted by Crippen LogP contribution is -2.46. The van der Waals surface area contributed by atoms with Gasteiger partial charge in [-0.1, -0.05) is 11.8 Å². The normalized spacial score (nSPS) is 16.0. The molecule has 0 aromatic carbocycles. The second-order valence-corrected chi connectivity index (χ2v) is 6.52. The fraction of sp³-hybridized carbons (Fsp3) is 0.467. The molecule has 0 radical (unpaired) electrons. The Hall–Kier alpha value is -1.77. The third-order valence-corrected chi connectivity index (χ3v) is 4.73. The van der Waals surface area contributed by atoms with E-state index in [0.29, 0.717) is 24.6 Å². The number of fused-ring (bicyclic) bond motifs is 1. The molecule has 0 amide bonds. The van der Waals surface area contributed by atoms with Gasteiger partial charge < -0.3 is 10.5 Å². The van der Waals surface area contributed by atoms with Gasteiger partial charge in [0.25, 0.3) is 0 Å². The van der Waals surface area contributed by atoms with Crippen LogP contribution in [0.5, 0.6) is 0 Å². The second-order valence-electron chi connectivity index (χ2n) is 5.50. The van der Waals surface area contributed by atoms with Crippen LogP contribution in [0.4, 0.5) is 5.82 Å². The first-order valence-corrected chi connectivity index (χ1v) is 8.73. The summed E-state index contributed by atoms with van der Waals surface area (Å²) in [5, 5.41) is 5.21. The van der Waals surface area contributed by atoms with Gasteiger partial charge in [0.2, 0.25) is 0 Å². The highest BCUT2D eigenvalue weighted by molar-refractivity contribution is 14.1. The van der Waals surface area contributed by atoms with Crippen molar-refractivity contribution >= 4 is 45.7 Å². The lowest BCUT2D eigenvalue weighted by molar-refractivity contribution is -0.109. The van der Waals surface area contributed by atoms with Crippen LogP contribution >= 0.6 is 22.6 Å². The Bertz CT molecular complexity index is 786. The van der Waals surface area contributed by atoms with Gasteiger partial charge in [0.05, 0.1) is 18.5 Å². The van der Waals surface area contributed by atoms with Crippen molar-refractivity contribution in [3.8, 4) is 11.8 Å². The minimum atomic E-state index is 0.441. The average molecular weight is 439 g/mol. The second kappa shape index (κ2) is 7.87. The number of anilines is 1. The van der Waals surface area contributed by atoms with Gasteiger partial charge in [-0.05, 0) is 22.6 Å². The van der Waals surface area contributed by atoms with Gasteiger partial charge in [0.1, 0.15) is 28.7 Å². The predicted molar refractivity (Wildman–Crippen MR) is 99.2 cm³/mol. The number of piperazine rings is 1. The van der Waals surface area contributed by atoms with Crippen LogP contribution in [0.2, 0.25) is 0 Å². The van der Waals surface area contributed by atoms with E-state index in [9.17, 15) is 4.79 Å². The molecule has 0 saturated carbocycles. The molecule has 1 aliphatic heterocycles. The Morgan fingerprint density at radius 2 is 1.88 bits per heavy atom. The fourth-order valence-electron chi connectivity index (χ4n) is 2.63. The monoisotopic (exact) mass is 439 g/mol. The first-order valence-electron chi connectivity index (χ1n) is 7.65. The molecule has 0 bridgehead atoms. The van der Waals surface area contributed by atoms with Gasteiger partial charge in [-0.2, -0.15) is 5.10 Å². The van der Waals surface area contributed by atoms with Crippen LogP contribution < -0.4 is 5.73 Å². The summed E-state index contributed by atoms with van der Waals surface area (Å²) in [6.07, 6.45) is 2.40. The summed E-state index contributed by atoms with van der Waals surface area (Å²) in [4.78, 5) is 23.2. The number of halogens is 1. The summed E-state index contributed by atoms with van der Waals surface area (Å²) in [6.45, 7) is 5.43. The van der Waals surface area contributed by atoms with Crippen LogP contribution in [0.25, 0.3) is 11.0 Å². The van der Waals surface area contributed by atoms with Gasteiger partial charge in [0, 0.05) is 26.2 Å². The lowest BCUT2D eigenvalue weighted by Gasteiger charge is -2.32. The summed E-state index contributed by atoms with van der Waals surface area (Å²) in [5.41, 5.74) is 6.59. The van der Waals surface area contributed by atoms with Gasteiger partial charge >= 0.3 is 0 Å². The standard InChI is InChI=1S/C15H18IN7O/c16-13-12-14(17)18-11-19-15(12)23(20-13)4-2-1-3-21-5-7-22(8-6-21)9-10-24/h10-11H,3-9H2,(H2,17,18,19). The van der Waals surface area contributed by atoms with E-state index in [2.05, 4.69) is 59.3 Å². The summed E-state index contributed by atoms with van der Waals surface area (Å²) in [6, 6.07) is 0. The van der Waals surface area contributed by atoms with Crippen LogP contribution in [0.1, 0.15) is 0 Å². The maximum absolute atomic E-state index is 10.5. The van der Waals surface area contributed by atoms with Crippen LogP contribution in [-0.4, -0.2) is 75.1 Å². The highest BCUT2D eigenvalue weighted by Gasteiger charge is 2.15. The number of carbonyl (C=O) groups is 1. The quantitative estimate of drug-likeness (QED) is 0.402. The molecule has 3 rings (SSSR count). The van der Waals surface area contributed by atoms with Crippen molar-refractivity contribution in [3.05, 3.63) is 10.0 Å². The van der Waals surface area contributed by atoms with Crippen LogP contribution in [0.3, 0.4) is 0 Å². The number of hydrogen-bond acceptors (Lipinski definition) is 7. The highest BCUT2D eigenvalue weighted by atomic mass is 127. The largest absolute Gasteiger partial charge is 0.383 e. The topological polar surface area (TPSA) is 93.2 Å². The molecule has 24 heavy (non-hydrogen) atoms. The lowest BCUT2D eigenvalue weighted by atomic mass is 10.3. The summed E-state index contributed by atoms with van der Waals surface area (Å²) >= 11 is 2.13. The van der Waals surface area contributed by atoms with Crippen LogP contribution in [-0.2, 0) is 11.3 Å². The first-order chi connectivity index (χ1) is 11.7. The van der Waals surface area contributed by atoms with E-state index in [1.54, 1.807) is 4.68 Å². The van der Waals surface area contributed by atoms with E-state index >= 15 is 0 Å². The molecule has 3 heterocycles. The number of aromatic nitrogens is 4. The van der Waals surface area contributed by atoms with Gasteiger partial charge in [0.15, 0.2) is 5.65 Å². The molecule has 0 unspecified atom stereocenters. The molecule has 2 aromatic heterocycles. The molecular weight excluding hydrogens is 421 g/mol. The van der Waals surface area contributed by atoms with E-state index in [1.165, 1.54) is 6.33 Å². The molecule has 1 fully saturated rings. The maximum atomic E-state index is 10.5. The number of nitrogens with zero attached hydrogens (tertiary/aromatic N) is 6. The molecule has 0 spiro atoms. The van der Waals surface area contributed by atoms with Gasteiger partial charge in [-0.25, -0.2) is 14.6 Å². The van der Waals surface area contributed by atoms with Crippen molar-refractivity contribution in [2.45, 2.75) is 6.54 Å². The minimum Gasteiger partial charge on any atom is -0.383 e.